The molecule has 1 fully saturated rings. The van der Waals surface area contributed by atoms with E-state index in [1.54, 1.807) is 0 Å². The highest BCUT2D eigenvalue weighted by molar-refractivity contribution is 7.89. The Kier molecular flexibility index (Phi) is 7.30. The summed E-state index contributed by atoms with van der Waals surface area (Å²) in [4.78, 5) is 24.8. The summed E-state index contributed by atoms with van der Waals surface area (Å²) in [5.41, 5.74) is 0.0432. The van der Waals surface area contributed by atoms with Crippen LogP contribution in [-0.4, -0.2) is 51.3 Å². The number of Topliss-reactive ketones (excluding diaryl/α,β-unsaturated/α-hetero) is 1. The third-order valence-electron chi connectivity index (χ3n) is 4.99. The van der Waals surface area contributed by atoms with Crippen LogP contribution >= 0.6 is 11.6 Å². The van der Waals surface area contributed by atoms with E-state index in [9.17, 15) is 22.4 Å². The third kappa shape index (κ3) is 5.41. The molecule has 0 saturated carbocycles. The van der Waals surface area contributed by atoms with Crippen molar-refractivity contribution in [3.8, 4) is 5.75 Å². The van der Waals surface area contributed by atoms with Crippen LogP contribution in [0.2, 0.25) is 5.02 Å². The molecule has 0 radical (unpaired) electrons. The summed E-state index contributed by atoms with van der Waals surface area (Å²) in [5.74, 6) is -2.64. The highest BCUT2D eigenvalue weighted by Gasteiger charge is 2.34. The molecule has 10 heteroatoms. The molecule has 2 aromatic rings. The Morgan fingerprint density at radius 3 is 2.55 bits per heavy atom. The molecule has 166 valence electrons. The Bertz CT molecular complexity index is 1070. The van der Waals surface area contributed by atoms with Crippen molar-refractivity contribution >= 4 is 33.4 Å². The van der Waals surface area contributed by atoms with Gasteiger partial charge in [-0.3, -0.25) is 9.59 Å². The quantitative estimate of drug-likeness (QED) is 0.456. The smallest absolute Gasteiger partial charge is 0.310 e. The molecule has 0 N–H and O–H groups in total. The van der Waals surface area contributed by atoms with Gasteiger partial charge >= 0.3 is 5.97 Å². The summed E-state index contributed by atoms with van der Waals surface area (Å²) in [6.45, 7) is -0.334. The van der Waals surface area contributed by atoms with E-state index >= 15 is 0 Å². The van der Waals surface area contributed by atoms with E-state index in [0.717, 1.165) is 6.07 Å². The molecule has 1 saturated heterocycles. The van der Waals surface area contributed by atoms with Crippen LogP contribution in [0.25, 0.3) is 0 Å². The molecule has 31 heavy (non-hydrogen) atoms. The number of piperidine rings is 1. The zero-order chi connectivity index (χ0) is 22.6. The van der Waals surface area contributed by atoms with Crippen molar-refractivity contribution in [3.63, 3.8) is 0 Å². The van der Waals surface area contributed by atoms with Gasteiger partial charge in [0, 0.05) is 23.7 Å². The van der Waals surface area contributed by atoms with Crippen LogP contribution in [0.15, 0.2) is 47.4 Å². The van der Waals surface area contributed by atoms with Gasteiger partial charge in [-0.1, -0.05) is 11.6 Å². The van der Waals surface area contributed by atoms with E-state index in [4.69, 9.17) is 21.1 Å². The number of ether oxygens (including phenoxy) is 2. The fourth-order valence-corrected chi connectivity index (χ4v) is 4.94. The standard InChI is InChI=1S/C21H21ClFNO6S/c1-29-20-9-4-14(11-18(20)23)19(25)13-30-21(26)15-3-2-10-24(12-15)31(27,28)17-7-5-16(22)6-8-17/h4-9,11,15H,2-3,10,12-13H2,1H3. The lowest BCUT2D eigenvalue weighted by molar-refractivity contribution is -0.148. The average Bonchev–Trinajstić information content (AvgIpc) is 2.77. The van der Waals surface area contributed by atoms with Crippen LogP contribution in [-0.2, 0) is 19.6 Å². The molecule has 0 aliphatic carbocycles. The number of carbonyl (C=O) groups is 2. The molecule has 0 spiro atoms. The predicted molar refractivity (Wildman–Crippen MR) is 111 cm³/mol. The van der Waals surface area contributed by atoms with Gasteiger partial charge < -0.3 is 9.47 Å². The second kappa shape index (κ2) is 9.76. The normalized spacial score (nSPS) is 17.2. The summed E-state index contributed by atoms with van der Waals surface area (Å²) in [7, 11) is -2.48. The van der Waals surface area contributed by atoms with Crippen LogP contribution in [0.4, 0.5) is 4.39 Å². The van der Waals surface area contributed by atoms with Crippen LogP contribution < -0.4 is 4.74 Å². The monoisotopic (exact) mass is 469 g/mol. The zero-order valence-electron chi connectivity index (χ0n) is 16.7. The van der Waals surface area contributed by atoms with Gasteiger partial charge in [0.2, 0.25) is 10.0 Å². The summed E-state index contributed by atoms with van der Waals surface area (Å²) in [5, 5.41) is 0.417. The number of carbonyl (C=O) groups excluding carboxylic acids is 2. The number of methoxy groups -OCH3 is 1. The second-order valence-electron chi connectivity index (χ2n) is 7.04. The highest BCUT2D eigenvalue weighted by Crippen LogP contribution is 2.25. The van der Waals surface area contributed by atoms with Crippen molar-refractivity contribution in [2.75, 3.05) is 26.8 Å². The lowest BCUT2D eigenvalue weighted by atomic mass is 10.00. The van der Waals surface area contributed by atoms with Crippen LogP contribution in [0.3, 0.4) is 0 Å². The number of sulfonamides is 1. The molecule has 0 aromatic heterocycles. The fraction of sp³-hybridized carbons (Fsp3) is 0.333. The van der Waals surface area contributed by atoms with Gasteiger partial charge in [0.25, 0.3) is 0 Å². The fourth-order valence-electron chi connectivity index (χ4n) is 3.29. The maximum atomic E-state index is 13.8. The van der Waals surface area contributed by atoms with Crippen LogP contribution in [0.5, 0.6) is 5.75 Å². The molecule has 0 bridgehead atoms. The number of hydrogen-bond acceptors (Lipinski definition) is 6. The molecule has 1 aliphatic heterocycles. The van der Waals surface area contributed by atoms with Gasteiger partial charge in [-0.2, -0.15) is 4.31 Å². The summed E-state index contributed by atoms with van der Waals surface area (Å²) >= 11 is 5.82. The summed E-state index contributed by atoms with van der Waals surface area (Å²) < 4.78 is 50.6. The van der Waals surface area contributed by atoms with Crippen LogP contribution in [0, 0.1) is 11.7 Å². The maximum Gasteiger partial charge on any atom is 0.310 e. The molecule has 0 amide bonds. The average molecular weight is 470 g/mol. The summed E-state index contributed by atoms with van der Waals surface area (Å²) in [6, 6.07) is 9.48. The van der Waals surface area contributed by atoms with Crippen molar-refractivity contribution in [1.29, 1.82) is 0 Å². The van der Waals surface area contributed by atoms with Gasteiger partial charge in [-0.15, -0.1) is 0 Å². The van der Waals surface area contributed by atoms with Gasteiger partial charge in [-0.05, 0) is 55.3 Å². The Morgan fingerprint density at radius 1 is 1.19 bits per heavy atom. The first kappa shape index (κ1) is 23.2. The van der Waals surface area contributed by atoms with E-state index in [2.05, 4.69) is 0 Å². The maximum absolute atomic E-state index is 13.8. The van der Waals surface area contributed by atoms with E-state index in [-0.39, 0.29) is 29.3 Å². The summed E-state index contributed by atoms with van der Waals surface area (Å²) in [6.07, 6.45) is 0.918. The lowest BCUT2D eigenvalue weighted by Gasteiger charge is -2.30. The molecule has 7 nitrogen and oxygen atoms in total. The molecule has 1 unspecified atom stereocenters. The number of benzene rings is 2. The van der Waals surface area contributed by atoms with Gasteiger partial charge in [0.05, 0.1) is 17.9 Å². The Hall–Kier alpha value is -2.49. The minimum atomic E-state index is -3.78. The van der Waals surface area contributed by atoms with Gasteiger partial charge in [0.1, 0.15) is 0 Å². The number of hydrogen-bond donors (Lipinski definition) is 0. The number of ketones is 1. The number of esters is 1. The number of rotatable bonds is 7. The number of halogens is 2. The molecule has 1 heterocycles. The first-order chi connectivity index (χ1) is 14.7. The Balaban J connectivity index is 1.61. The molecule has 3 rings (SSSR count). The highest BCUT2D eigenvalue weighted by atomic mass is 35.5. The van der Waals surface area contributed by atoms with Crippen molar-refractivity contribution in [2.24, 2.45) is 5.92 Å². The first-order valence-electron chi connectivity index (χ1n) is 9.51. The number of nitrogens with zero attached hydrogens (tertiary/aromatic N) is 1. The van der Waals surface area contributed by atoms with Gasteiger partial charge in [-0.25, -0.2) is 12.8 Å². The Labute approximate surface area is 184 Å². The molecule has 1 aliphatic rings. The van der Waals surface area contributed by atoms with Crippen LogP contribution in [0.1, 0.15) is 23.2 Å². The third-order valence-corrected chi connectivity index (χ3v) is 7.12. The minimum Gasteiger partial charge on any atom is -0.494 e. The van der Waals surface area contributed by atoms with E-state index in [1.165, 1.54) is 47.8 Å². The van der Waals surface area contributed by atoms with E-state index in [1.807, 2.05) is 0 Å². The van der Waals surface area contributed by atoms with Crippen molar-refractivity contribution < 1.29 is 31.9 Å². The van der Waals surface area contributed by atoms with E-state index in [0.29, 0.717) is 17.9 Å². The largest absolute Gasteiger partial charge is 0.494 e. The van der Waals surface area contributed by atoms with Crippen molar-refractivity contribution in [1.82, 2.24) is 4.31 Å². The van der Waals surface area contributed by atoms with Crippen molar-refractivity contribution in [2.45, 2.75) is 17.7 Å². The molecular weight excluding hydrogens is 449 g/mol. The Morgan fingerprint density at radius 2 is 1.90 bits per heavy atom. The molecular formula is C21H21ClFNO6S. The molecule has 1 atom stereocenters. The second-order valence-corrected chi connectivity index (χ2v) is 9.41. The van der Waals surface area contributed by atoms with Crippen molar-refractivity contribution in [3.05, 3.63) is 58.9 Å². The zero-order valence-corrected chi connectivity index (χ0v) is 18.3. The van der Waals surface area contributed by atoms with E-state index < -0.39 is 40.1 Å². The van der Waals surface area contributed by atoms with Gasteiger partial charge in [0.15, 0.2) is 24.0 Å². The molecule has 2 aromatic carbocycles. The predicted octanol–water partition coefficient (Wildman–Crippen LogP) is 3.31. The first-order valence-corrected chi connectivity index (χ1v) is 11.3. The topological polar surface area (TPSA) is 90.0 Å². The lowest BCUT2D eigenvalue weighted by Crippen LogP contribution is -2.43. The minimum absolute atomic E-state index is 0.00209. The SMILES string of the molecule is COc1ccc(C(=O)COC(=O)C2CCCN(S(=O)(=O)c3ccc(Cl)cc3)C2)cc1F.